The fourth-order valence-electron chi connectivity index (χ4n) is 3.65. The van der Waals surface area contributed by atoms with Gasteiger partial charge in [0.2, 0.25) is 0 Å². The van der Waals surface area contributed by atoms with Crippen molar-refractivity contribution in [3.8, 4) is 0 Å². The zero-order valence-electron chi connectivity index (χ0n) is 18.1. The lowest BCUT2D eigenvalue weighted by atomic mass is 10.0. The van der Waals surface area contributed by atoms with Crippen LogP contribution in [-0.2, 0) is 0 Å². The van der Waals surface area contributed by atoms with Gasteiger partial charge in [0.25, 0.3) is 0 Å². The summed E-state index contributed by atoms with van der Waals surface area (Å²) < 4.78 is 0. The summed E-state index contributed by atoms with van der Waals surface area (Å²) in [5.74, 6) is 0. The minimum atomic E-state index is 0.138. The first-order valence-corrected chi connectivity index (χ1v) is 12.1. The third-order valence-corrected chi connectivity index (χ3v) is 5.41. The Balaban J connectivity index is 2.98. The van der Waals surface area contributed by atoms with Gasteiger partial charge in [-0.15, -0.1) is 0 Å². The fraction of sp³-hybridized carbons (Fsp3) is 0.920. The van der Waals surface area contributed by atoms with Gasteiger partial charge in [0.1, 0.15) is 0 Å². The lowest BCUT2D eigenvalue weighted by Crippen LogP contribution is -1.84. The molecule has 0 aromatic rings. The molecule has 0 heterocycles. The van der Waals surface area contributed by atoms with Crippen molar-refractivity contribution < 1.29 is 5.11 Å². The molecule has 0 aliphatic rings. The van der Waals surface area contributed by atoms with E-state index in [2.05, 4.69) is 13.0 Å². The summed E-state index contributed by atoms with van der Waals surface area (Å²) in [4.78, 5) is 0. The van der Waals surface area contributed by atoms with E-state index in [1.165, 1.54) is 128 Å². The molecule has 1 N–H and O–H groups in total. The van der Waals surface area contributed by atoms with Crippen LogP contribution < -0.4 is 0 Å². The lowest BCUT2D eigenvalue weighted by molar-refractivity contribution is 0.342. The third kappa shape index (κ3) is 23.7. The topological polar surface area (TPSA) is 20.2 Å². The van der Waals surface area contributed by atoms with Crippen LogP contribution in [0, 0.1) is 6.08 Å². The highest BCUT2D eigenvalue weighted by molar-refractivity contribution is 4.71. The number of hydrogen-bond donors (Lipinski definition) is 1. The van der Waals surface area contributed by atoms with Gasteiger partial charge in [-0.05, 0) is 18.9 Å². The Labute approximate surface area is 166 Å². The van der Waals surface area contributed by atoms with E-state index in [1.54, 1.807) is 6.08 Å². The van der Waals surface area contributed by atoms with Crippen LogP contribution in [0.2, 0.25) is 0 Å². The third-order valence-electron chi connectivity index (χ3n) is 5.41. The quantitative estimate of drug-likeness (QED) is 0.190. The monoisotopic (exact) mass is 365 g/mol. The van der Waals surface area contributed by atoms with Crippen LogP contribution >= 0.6 is 0 Å². The van der Waals surface area contributed by atoms with Crippen molar-refractivity contribution in [1.82, 2.24) is 0 Å². The molecule has 0 spiro atoms. The van der Waals surface area contributed by atoms with E-state index in [9.17, 15) is 0 Å². The highest BCUT2D eigenvalue weighted by Gasteiger charge is 1.95. The van der Waals surface area contributed by atoms with Crippen LogP contribution in [0.1, 0.15) is 142 Å². The van der Waals surface area contributed by atoms with Gasteiger partial charge in [-0.1, -0.05) is 135 Å². The van der Waals surface area contributed by atoms with E-state index in [0.717, 1.165) is 6.42 Å². The van der Waals surface area contributed by atoms with E-state index in [4.69, 9.17) is 5.11 Å². The maximum atomic E-state index is 8.61. The van der Waals surface area contributed by atoms with Gasteiger partial charge >= 0.3 is 0 Å². The molecule has 1 radical (unpaired) electrons. The minimum Gasteiger partial charge on any atom is -0.392 e. The number of hydrogen-bond acceptors (Lipinski definition) is 1. The predicted octanol–water partition coefficient (Wildman–Crippen LogP) is 8.55. The lowest BCUT2D eigenvalue weighted by Gasteiger charge is -2.04. The van der Waals surface area contributed by atoms with E-state index in [1.807, 2.05) is 0 Å². The Morgan fingerprint density at radius 1 is 0.500 bits per heavy atom. The first kappa shape index (κ1) is 25.7. The maximum absolute atomic E-state index is 8.61. The summed E-state index contributed by atoms with van der Waals surface area (Å²) in [5, 5.41) is 8.61. The Hall–Kier alpha value is -0.300. The summed E-state index contributed by atoms with van der Waals surface area (Å²) >= 11 is 0. The van der Waals surface area contributed by atoms with Crippen molar-refractivity contribution in [2.75, 3.05) is 6.61 Å². The van der Waals surface area contributed by atoms with E-state index < -0.39 is 0 Å². The molecule has 0 aliphatic carbocycles. The molecule has 26 heavy (non-hydrogen) atoms. The number of aliphatic hydroxyl groups excluding tert-OH is 1. The van der Waals surface area contributed by atoms with Gasteiger partial charge in [0.15, 0.2) is 0 Å². The van der Waals surface area contributed by atoms with Gasteiger partial charge in [0, 0.05) is 0 Å². The Morgan fingerprint density at radius 2 is 0.808 bits per heavy atom. The molecule has 0 aromatic carbocycles. The van der Waals surface area contributed by atoms with Crippen molar-refractivity contribution in [2.45, 2.75) is 142 Å². The molecule has 155 valence electrons. The van der Waals surface area contributed by atoms with Gasteiger partial charge in [-0.25, -0.2) is 0 Å². The molecule has 0 aromatic heterocycles. The molecular formula is C25H49O. The van der Waals surface area contributed by atoms with Crippen LogP contribution in [0.3, 0.4) is 0 Å². The van der Waals surface area contributed by atoms with Gasteiger partial charge in [0.05, 0.1) is 6.61 Å². The fourth-order valence-corrected chi connectivity index (χ4v) is 3.65. The summed E-state index contributed by atoms with van der Waals surface area (Å²) in [6.07, 6.45) is 34.5. The number of rotatable bonds is 22. The average molecular weight is 366 g/mol. The molecule has 0 fully saturated rings. The first-order chi connectivity index (χ1) is 12.9. The second-order valence-electron chi connectivity index (χ2n) is 8.06. The Bertz CT molecular complexity index is 259. The molecular weight excluding hydrogens is 316 g/mol. The molecule has 0 saturated carbocycles. The zero-order valence-corrected chi connectivity index (χ0v) is 18.1. The zero-order chi connectivity index (χ0) is 19.0. The first-order valence-electron chi connectivity index (χ1n) is 12.1. The molecule has 1 heteroatoms. The van der Waals surface area contributed by atoms with Crippen molar-refractivity contribution in [3.63, 3.8) is 0 Å². The highest BCUT2D eigenvalue weighted by atomic mass is 16.2. The van der Waals surface area contributed by atoms with Crippen LogP contribution in [0.15, 0.2) is 6.08 Å². The van der Waals surface area contributed by atoms with Crippen LogP contribution in [0.25, 0.3) is 0 Å². The van der Waals surface area contributed by atoms with Crippen molar-refractivity contribution in [1.29, 1.82) is 0 Å². The van der Waals surface area contributed by atoms with Gasteiger partial charge in [-0.2, -0.15) is 0 Å². The number of unbranched alkanes of at least 4 members (excludes halogenated alkanes) is 20. The van der Waals surface area contributed by atoms with E-state index in [0.29, 0.717) is 0 Å². The van der Waals surface area contributed by atoms with E-state index in [-0.39, 0.29) is 6.61 Å². The molecule has 0 bridgehead atoms. The summed E-state index contributed by atoms with van der Waals surface area (Å²) in [6, 6.07) is 0. The normalized spacial score (nSPS) is 11.6. The van der Waals surface area contributed by atoms with Crippen LogP contribution in [0.4, 0.5) is 0 Å². The molecule has 0 saturated heterocycles. The van der Waals surface area contributed by atoms with Gasteiger partial charge < -0.3 is 5.11 Å². The maximum Gasteiger partial charge on any atom is 0.0618 e. The molecule has 0 unspecified atom stereocenters. The highest BCUT2D eigenvalue weighted by Crippen LogP contribution is 2.15. The average Bonchev–Trinajstić information content (AvgIpc) is 2.66. The minimum absolute atomic E-state index is 0.138. The standard InChI is InChI=1S/C25H49O/c1-2-3-4-5-6-7-8-9-10-11-12-13-14-15-16-17-18-19-20-21-22-23-24-25-26/h24,26H,2-22,25H2,1H3. The molecule has 0 amide bonds. The van der Waals surface area contributed by atoms with Gasteiger partial charge in [-0.3, -0.25) is 0 Å². The van der Waals surface area contributed by atoms with Crippen molar-refractivity contribution >= 4 is 0 Å². The summed E-state index contributed by atoms with van der Waals surface area (Å²) in [6.45, 7) is 2.43. The van der Waals surface area contributed by atoms with E-state index >= 15 is 0 Å². The van der Waals surface area contributed by atoms with Crippen molar-refractivity contribution in [2.24, 2.45) is 0 Å². The predicted molar refractivity (Wildman–Crippen MR) is 118 cm³/mol. The Kier molecular flexibility index (Phi) is 24.4. The summed E-state index contributed by atoms with van der Waals surface area (Å²) in [5.41, 5.74) is 0. The SMILES string of the molecule is CCCCCCCCCCCCCCCCCCCCCC[C]=CCO. The van der Waals surface area contributed by atoms with Crippen LogP contribution in [-0.4, -0.2) is 11.7 Å². The largest absolute Gasteiger partial charge is 0.392 e. The second kappa shape index (κ2) is 24.7. The van der Waals surface area contributed by atoms with Crippen molar-refractivity contribution in [3.05, 3.63) is 12.2 Å². The van der Waals surface area contributed by atoms with Crippen LogP contribution in [0.5, 0.6) is 0 Å². The molecule has 0 rings (SSSR count). The smallest absolute Gasteiger partial charge is 0.0618 e. The second-order valence-corrected chi connectivity index (χ2v) is 8.06. The molecule has 0 atom stereocenters. The molecule has 1 nitrogen and oxygen atoms in total. The number of allylic oxidation sites excluding steroid dienone is 1. The molecule has 0 aliphatic heterocycles. The number of aliphatic hydroxyl groups is 1. The Morgan fingerprint density at radius 3 is 1.12 bits per heavy atom. The summed E-state index contributed by atoms with van der Waals surface area (Å²) in [7, 11) is 0.